The van der Waals surface area contributed by atoms with Crippen molar-refractivity contribution in [2.24, 2.45) is 0 Å². The van der Waals surface area contributed by atoms with Crippen molar-refractivity contribution < 1.29 is 13.9 Å². The minimum absolute atomic E-state index is 0.226. The third kappa shape index (κ3) is 3.29. The highest BCUT2D eigenvalue weighted by Gasteiger charge is 2.22. The minimum atomic E-state index is -0.325. The van der Waals surface area contributed by atoms with Crippen LogP contribution in [0.15, 0.2) is 71.3 Å². The number of hydrogen-bond acceptors (Lipinski definition) is 4. The molecule has 0 saturated carbocycles. The Kier molecular flexibility index (Phi) is 4.38. The predicted octanol–water partition coefficient (Wildman–Crippen LogP) is 4.12. The van der Waals surface area contributed by atoms with Gasteiger partial charge in [-0.15, -0.1) is 0 Å². The summed E-state index contributed by atoms with van der Waals surface area (Å²) in [6.45, 7) is 1.87. The number of nitrogens with zero attached hydrogens (tertiary/aromatic N) is 2. The second kappa shape index (κ2) is 6.99. The van der Waals surface area contributed by atoms with Crippen molar-refractivity contribution in [3.8, 4) is 11.4 Å². The Morgan fingerprint density at radius 2 is 1.89 bits per heavy atom. The Hall–Kier alpha value is -3.54. The first-order valence-electron chi connectivity index (χ1n) is 8.64. The van der Waals surface area contributed by atoms with Crippen LogP contribution < -0.4 is 10.1 Å². The van der Waals surface area contributed by atoms with Gasteiger partial charge in [-0.2, -0.15) is 5.10 Å². The van der Waals surface area contributed by atoms with Gasteiger partial charge in [0.2, 0.25) is 0 Å². The van der Waals surface area contributed by atoms with Crippen LogP contribution in [0, 0.1) is 0 Å². The van der Waals surface area contributed by atoms with E-state index in [1.807, 2.05) is 67.6 Å². The van der Waals surface area contributed by atoms with Crippen LogP contribution in [0.1, 0.15) is 29.2 Å². The Balaban J connectivity index is 1.58. The highest BCUT2D eigenvalue weighted by atomic mass is 16.5. The molecule has 0 aliphatic carbocycles. The van der Waals surface area contributed by atoms with E-state index < -0.39 is 0 Å². The zero-order chi connectivity index (χ0) is 18.8. The number of furan rings is 1. The summed E-state index contributed by atoms with van der Waals surface area (Å²) in [6, 6.07) is 18.9. The molecule has 6 nitrogen and oxygen atoms in total. The molecule has 1 N–H and O–H groups in total. The van der Waals surface area contributed by atoms with Gasteiger partial charge < -0.3 is 14.5 Å². The van der Waals surface area contributed by atoms with Gasteiger partial charge in [-0.1, -0.05) is 36.4 Å². The van der Waals surface area contributed by atoms with E-state index in [4.69, 9.17) is 9.15 Å². The number of ether oxygens (including phenoxy) is 1. The monoisotopic (exact) mass is 361 g/mol. The molecule has 0 radical (unpaired) electrons. The molecule has 136 valence electrons. The summed E-state index contributed by atoms with van der Waals surface area (Å²) in [4.78, 5) is 12.8. The van der Waals surface area contributed by atoms with E-state index in [0.717, 1.165) is 16.7 Å². The molecule has 4 rings (SSSR count). The van der Waals surface area contributed by atoms with E-state index in [9.17, 15) is 4.79 Å². The van der Waals surface area contributed by atoms with Gasteiger partial charge in [-0.05, 0) is 31.2 Å². The third-order valence-electron chi connectivity index (χ3n) is 4.36. The maximum Gasteiger partial charge on any atom is 0.276 e. The first-order valence-corrected chi connectivity index (χ1v) is 8.64. The van der Waals surface area contributed by atoms with Crippen LogP contribution in [0.2, 0.25) is 0 Å². The van der Waals surface area contributed by atoms with Crippen molar-refractivity contribution >= 4 is 16.9 Å². The number of aromatic nitrogens is 2. The van der Waals surface area contributed by atoms with E-state index >= 15 is 0 Å². The van der Waals surface area contributed by atoms with E-state index in [1.54, 1.807) is 10.9 Å². The summed E-state index contributed by atoms with van der Waals surface area (Å²) in [6.07, 6.45) is 1.69. The molecule has 0 fully saturated rings. The molecule has 2 aromatic heterocycles. The van der Waals surface area contributed by atoms with Crippen molar-refractivity contribution in [3.63, 3.8) is 0 Å². The number of methoxy groups -OCH3 is 1. The summed E-state index contributed by atoms with van der Waals surface area (Å²) >= 11 is 0. The molecule has 1 amide bonds. The summed E-state index contributed by atoms with van der Waals surface area (Å²) in [5.74, 6) is 0.772. The lowest BCUT2D eigenvalue weighted by molar-refractivity contribution is 0.0927. The lowest BCUT2D eigenvalue weighted by Crippen LogP contribution is -2.27. The Morgan fingerprint density at radius 1 is 1.15 bits per heavy atom. The molecule has 4 aromatic rings. The lowest BCUT2D eigenvalue weighted by atomic mass is 10.2. The fourth-order valence-corrected chi connectivity index (χ4v) is 2.93. The van der Waals surface area contributed by atoms with Crippen molar-refractivity contribution in [2.45, 2.75) is 13.0 Å². The highest BCUT2D eigenvalue weighted by molar-refractivity contribution is 5.95. The first kappa shape index (κ1) is 16.9. The minimum Gasteiger partial charge on any atom is -0.493 e. The number of carbonyl (C=O) groups excluding carboxylic acids is 1. The van der Waals surface area contributed by atoms with Crippen LogP contribution in [-0.4, -0.2) is 22.8 Å². The van der Waals surface area contributed by atoms with Gasteiger partial charge >= 0.3 is 0 Å². The van der Waals surface area contributed by atoms with Gasteiger partial charge in [-0.25, -0.2) is 4.68 Å². The molecule has 0 spiro atoms. The van der Waals surface area contributed by atoms with Gasteiger partial charge in [-0.3, -0.25) is 4.79 Å². The van der Waals surface area contributed by atoms with Crippen LogP contribution >= 0.6 is 0 Å². The number of fused-ring (bicyclic) bond motifs is 1. The average molecular weight is 361 g/mol. The van der Waals surface area contributed by atoms with Crippen molar-refractivity contribution in [1.82, 2.24) is 15.1 Å². The molecule has 2 heterocycles. The summed E-state index contributed by atoms with van der Waals surface area (Å²) in [5.41, 5.74) is 1.86. The summed E-state index contributed by atoms with van der Waals surface area (Å²) < 4.78 is 12.8. The van der Waals surface area contributed by atoms with Crippen molar-refractivity contribution in [2.75, 3.05) is 7.11 Å². The van der Waals surface area contributed by atoms with Gasteiger partial charge in [0.05, 0.1) is 25.0 Å². The van der Waals surface area contributed by atoms with Gasteiger partial charge in [0, 0.05) is 5.39 Å². The SMILES string of the molecule is COc1cn(-c2ccccc2)nc1C(=O)N[C@H](C)c1cc2ccccc2o1. The second-order valence-electron chi connectivity index (χ2n) is 6.21. The standard InChI is InChI=1S/C21H19N3O3/c1-14(18-12-15-8-6-7-11-17(15)27-18)22-21(25)20-19(26-2)13-24(23-20)16-9-4-3-5-10-16/h3-14H,1-2H3,(H,22,25)/t14-/m1/s1. The van der Waals surface area contributed by atoms with E-state index in [0.29, 0.717) is 11.5 Å². The second-order valence-corrected chi connectivity index (χ2v) is 6.21. The number of carbonyl (C=O) groups is 1. The van der Waals surface area contributed by atoms with Gasteiger partial charge in [0.15, 0.2) is 11.4 Å². The fourth-order valence-electron chi connectivity index (χ4n) is 2.93. The zero-order valence-corrected chi connectivity index (χ0v) is 15.0. The summed E-state index contributed by atoms with van der Waals surface area (Å²) in [7, 11) is 1.52. The van der Waals surface area contributed by atoms with E-state index in [2.05, 4.69) is 10.4 Å². The molecule has 0 aliphatic rings. The number of para-hydroxylation sites is 2. The Morgan fingerprint density at radius 3 is 2.63 bits per heavy atom. The number of nitrogens with one attached hydrogen (secondary N) is 1. The normalized spacial score (nSPS) is 12.1. The molecule has 0 saturated heterocycles. The number of rotatable bonds is 5. The Bertz CT molecular complexity index is 1050. The van der Waals surface area contributed by atoms with Crippen LogP contribution in [0.4, 0.5) is 0 Å². The van der Waals surface area contributed by atoms with Crippen molar-refractivity contribution in [1.29, 1.82) is 0 Å². The fraction of sp³-hybridized carbons (Fsp3) is 0.143. The Labute approximate surface area is 156 Å². The lowest BCUT2D eigenvalue weighted by Gasteiger charge is -2.10. The predicted molar refractivity (Wildman–Crippen MR) is 102 cm³/mol. The molecular formula is C21H19N3O3. The summed E-state index contributed by atoms with van der Waals surface area (Å²) in [5, 5.41) is 8.31. The smallest absolute Gasteiger partial charge is 0.276 e. The van der Waals surface area contributed by atoms with Gasteiger partial charge in [0.1, 0.15) is 11.3 Å². The topological polar surface area (TPSA) is 69.3 Å². The molecule has 0 bridgehead atoms. The first-order chi connectivity index (χ1) is 13.2. The molecule has 0 aliphatic heterocycles. The number of amides is 1. The quantitative estimate of drug-likeness (QED) is 0.581. The maximum atomic E-state index is 12.8. The number of benzene rings is 2. The van der Waals surface area contributed by atoms with Crippen LogP contribution in [0.3, 0.4) is 0 Å². The molecule has 27 heavy (non-hydrogen) atoms. The third-order valence-corrected chi connectivity index (χ3v) is 4.36. The zero-order valence-electron chi connectivity index (χ0n) is 15.0. The van der Waals surface area contributed by atoms with E-state index in [-0.39, 0.29) is 17.6 Å². The van der Waals surface area contributed by atoms with Gasteiger partial charge in [0.25, 0.3) is 5.91 Å². The van der Waals surface area contributed by atoms with Crippen LogP contribution in [-0.2, 0) is 0 Å². The largest absolute Gasteiger partial charge is 0.493 e. The molecule has 0 unspecified atom stereocenters. The maximum absolute atomic E-state index is 12.8. The van der Waals surface area contributed by atoms with Crippen LogP contribution in [0.5, 0.6) is 5.75 Å². The molecule has 2 aromatic carbocycles. The molecule has 6 heteroatoms. The highest BCUT2D eigenvalue weighted by Crippen LogP contribution is 2.25. The van der Waals surface area contributed by atoms with Crippen LogP contribution in [0.25, 0.3) is 16.7 Å². The average Bonchev–Trinajstić information content (AvgIpc) is 3.33. The molecule has 1 atom stereocenters. The van der Waals surface area contributed by atoms with E-state index in [1.165, 1.54) is 7.11 Å². The molecular weight excluding hydrogens is 342 g/mol. The number of hydrogen-bond donors (Lipinski definition) is 1. The van der Waals surface area contributed by atoms with Crippen molar-refractivity contribution in [3.05, 3.63) is 78.3 Å².